The van der Waals surface area contributed by atoms with Crippen molar-refractivity contribution in [2.24, 2.45) is 5.92 Å². The molecule has 1 aromatic rings. The van der Waals surface area contributed by atoms with Crippen molar-refractivity contribution >= 4 is 11.9 Å². The number of carboxylic acids is 1. The molecule has 6 heteroatoms. The summed E-state index contributed by atoms with van der Waals surface area (Å²) in [6, 6.07) is 7.98. The van der Waals surface area contributed by atoms with Crippen LogP contribution in [-0.2, 0) is 9.59 Å². The van der Waals surface area contributed by atoms with Crippen LogP contribution in [0.15, 0.2) is 24.3 Å². The number of amides is 1. The van der Waals surface area contributed by atoms with E-state index in [9.17, 15) is 9.59 Å². The summed E-state index contributed by atoms with van der Waals surface area (Å²) in [6.45, 7) is 4.71. The van der Waals surface area contributed by atoms with Gasteiger partial charge in [-0.25, -0.2) is 0 Å². The average molecular weight is 360 g/mol. The Balaban J connectivity index is 1.42. The number of rotatable bonds is 9. The minimum Gasteiger partial charge on any atom is -0.481 e. The van der Waals surface area contributed by atoms with Gasteiger partial charge in [0, 0.05) is 18.6 Å². The van der Waals surface area contributed by atoms with Crippen LogP contribution >= 0.6 is 0 Å². The number of carbonyl (C=O) groups is 2. The van der Waals surface area contributed by atoms with E-state index in [-0.39, 0.29) is 24.5 Å². The molecule has 1 aromatic carbocycles. The summed E-state index contributed by atoms with van der Waals surface area (Å²) in [5.41, 5.74) is 1.15. The first-order chi connectivity index (χ1) is 12.4. The molecule has 26 heavy (non-hydrogen) atoms. The Bertz CT molecular complexity index is 636. The summed E-state index contributed by atoms with van der Waals surface area (Å²) < 4.78 is 5.69. The Morgan fingerprint density at radius 3 is 2.50 bits per heavy atom. The first kappa shape index (κ1) is 18.7. The maximum Gasteiger partial charge on any atom is 0.317 e. The number of benzene rings is 1. The quantitative estimate of drug-likeness (QED) is 0.706. The van der Waals surface area contributed by atoms with E-state index < -0.39 is 12.1 Å². The van der Waals surface area contributed by atoms with Gasteiger partial charge in [0.2, 0.25) is 0 Å². The second-order valence-corrected chi connectivity index (χ2v) is 7.67. The molecule has 0 spiro atoms. The smallest absolute Gasteiger partial charge is 0.317 e. The molecule has 1 unspecified atom stereocenters. The zero-order valence-electron chi connectivity index (χ0n) is 15.5. The number of carbonyl (C=O) groups excluding carboxylic acids is 1. The molecule has 0 saturated heterocycles. The van der Waals surface area contributed by atoms with Crippen LogP contribution in [0, 0.1) is 12.8 Å². The Kier molecular flexibility index (Phi) is 5.81. The van der Waals surface area contributed by atoms with Crippen molar-refractivity contribution in [1.29, 1.82) is 0 Å². The van der Waals surface area contributed by atoms with Gasteiger partial charge >= 0.3 is 5.97 Å². The molecule has 0 aliphatic heterocycles. The van der Waals surface area contributed by atoms with Gasteiger partial charge in [-0.3, -0.25) is 14.5 Å². The number of ether oxygens (including phenoxy) is 1. The normalized spacial score (nSPS) is 23.2. The second-order valence-electron chi connectivity index (χ2n) is 7.67. The van der Waals surface area contributed by atoms with Crippen molar-refractivity contribution in [3.8, 4) is 5.75 Å². The highest BCUT2D eigenvalue weighted by atomic mass is 16.5. The standard InChI is InChI=1S/C20H28N2O4/c1-13-3-7-18(8-4-13)26-14(2)20(25)21-16-9-17(10-16)22(12-19(23)24)11-15-5-6-15/h3-4,7-8,14-17H,5-6,9-12H2,1-2H3,(H,21,25)(H,23,24). The third-order valence-corrected chi connectivity index (χ3v) is 5.21. The summed E-state index contributed by atoms with van der Waals surface area (Å²) in [4.78, 5) is 25.5. The van der Waals surface area contributed by atoms with E-state index in [0.29, 0.717) is 11.7 Å². The molecule has 2 aliphatic rings. The van der Waals surface area contributed by atoms with E-state index in [1.807, 2.05) is 31.2 Å². The van der Waals surface area contributed by atoms with Crippen LogP contribution in [0.3, 0.4) is 0 Å². The topological polar surface area (TPSA) is 78.9 Å². The maximum atomic E-state index is 12.3. The highest BCUT2D eigenvalue weighted by Crippen LogP contribution is 2.33. The molecule has 2 N–H and O–H groups in total. The molecule has 2 aliphatic carbocycles. The van der Waals surface area contributed by atoms with E-state index in [0.717, 1.165) is 24.9 Å². The van der Waals surface area contributed by atoms with Crippen LogP contribution in [0.1, 0.15) is 38.2 Å². The Labute approximate surface area is 154 Å². The molecule has 0 bridgehead atoms. The van der Waals surface area contributed by atoms with E-state index in [1.165, 1.54) is 12.8 Å². The van der Waals surface area contributed by atoms with Crippen molar-refractivity contribution in [2.75, 3.05) is 13.1 Å². The summed E-state index contributed by atoms with van der Waals surface area (Å²) in [6.07, 6.45) is 3.47. The lowest BCUT2D eigenvalue weighted by Gasteiger charge is -2.43. The highest BCUT2D eigenvalue weighted by molar-refractivity contribution is 5.81. The van der Waals surface area contributed by atoms with Crippen molar-refractivity contribution < 1.29 is 19.4 Å². The predicted octanol–water partition coefficient (Wildman–Crippen LogP) is 2.21. The van der Waals surface area contributed by atoms with Crippen molar-refractivity contribution in [3.63, 3.8) is 0 Å². The highest BCUT2D eigenvalue weighted by Gasteiger charge is 2.38. The third kappa shape index (κ3) is 5.21. The van der Waals surface area contributed by atoms with Gasteiger partial charge in [0.25, 0.3) is 5.91 Å². The van der Waals surface area contributed by atoms with Crippen LogP contribution in [0.5, 0.6) is 5.75 Å². The lowest BCUT2D eigenvalue weighted by molar-refractivity contribution is -0.140. The van der Waals surface area contributed by atoms with Gasteiger partial charge in [0.1, 0.15) is 5.75 Å². The number of hydrogen-bond acceptors (Lipinski definition) is 4. The number of nitrogens with zero attached hydrogens (tertiary/aromatic N) is 1. The van der Waals surface area contributed by atoms with Gasteiger partial charge < -0.3 is 15.2 Å². The van der Waals surface area contributed by atoms with Crippen LogP contribution in [0.25, 0.3) is 0 Å². The minimum absolute atomic E-state index is 0.0920. The Hall–Kier alpha value is -2.08. The monoisotopic (exact) mass is 360 g/mol. The minimum atomic E-state index is -0.779. The molecule has 0 heterocycles. The molecular formula is C20H28N2O4. The number of aliphatic carboxylic acids is 1. The largest absolute Gasteiger partial charge is 0.481 e. The van der Waals surface area contributed by atoms with Crippen molar-refractivity contribution in [1.82, 2.24) is 10.2 Å². The fraction of sp³-hybridized carbons (Fsp3) is 0.600. The van der Waals surface area contributed by atoms with Crippen LogP contribution in [0.4, 0.5) is 0 Å². The van der Waals surface area contributed by atoms with Gasteiger partial charge in [-0.1, -0.05) is 17.7 Å². The van der Waals surface area contributed by atoms with Crippen molar-refractivity contribution in [2.45, 2.75) is 57.7 Å². The van der Waals surface area contributed by atoms with E-state index in [4.69, 9.17) is 9.84 Å². The fourth-order valence-corrected chi connectivity index (χ4v) is 3.35. The van der Waals surface area contributed by atoms with Gasteiger partial charge in [-0.2, -0.15) is 0 Å². The van der Waals surface area contributed by atoms with Gasteiger partial charge in [0.05, 0.1) is 6.54 Å². The number of hydrogen-bond donors (Lipinski definition) is 2. The first-order valence-electron chi connectivity index (χ1n) is 9.40. The van der Waals surface area contributed by atoms with E-state index in [1.54, 1.807) is 6.92 Å². The molecule has 1 amide bonds. The third-order valence-electron chi connectivity index (χ3n) is 5.21. The molecule has 2 fully saturated rings. The van der Waals surface area contributed by atoms with Crippen LogP contribution in [-0.4, -0.2) is 53.2 Å². The van der Waals surface area contributed by atoms with Gasteiger partial charge in [-0.05, 0) is 57.6 Å². The molecule has 6 nitrogen and oxygen atoms in total. The zero-order valence-corrected chi connectivity index (χ0v) is 15.5. The summed E-state index contributed by atoms with van der Waals surface area (Å²) in [5.74, 6) is 0.437. The molecule has 3 rings (SSSR count). The number of aryl methyl sites for hydroxylation is 1. The molecule has 142 valence electrons. The van der Waals surface area contributed by atoms with Gasteiger partial charge in [0.15, 0.2) is 6.10 Å². The first-order valence-corrected chi connectivity index (χ1v) is 9.40. The molecule has 0 aromatic heterocycles. The Morgan fingerprint density at radius 1 is 1.27 bits per heavy atom. The average Bonchev–Trinajstić information content (AvgIpc) is 3.35. The van der Waals surface area contributed by atoms with Crippen LogP contribution < -0.4 is 10.1 Å². The lowest BCUT2D eigenvalue weighted by atomic mass is 9.85. The van der Waals surface area contributed by atoms with Crippen LogP contribution in [0.2, 0.25) is 0 Å². The summed E-state index contributed by atoms with van der Waals surface area (Å²) in [7, 11) is 0. The number of carboxylic acid groups (broad SMARTS) is 1. The maximum absolute atomic E-state index is 12.3. The summed E-state index contributed by atoms with van der Waals surface area (Å²) >= 11 is 0. The second kappa shape index (κ2) is 8.08. The SMILES string of the molecule is Cc1ccc(OC(C)C(=O)NC2CC(N(CC(=O)O)CC3CC3)C2)cc1. The summed E-state index contributed by atoms with van der Waals surface area (Å²) in [5, 5.41) is 12.1. The lowest BCUT2D eigenvalue weighted by Crippen LogP contribution is -2.56. The zero-order chi connectivity index (χ0) is 18.7. The van der Waals surface area contributed by atoms with E-state index in [2.05, 4.69) is 10.2 Å². The van der Waals surface area contributed by atoms with Gasteiger partial charge in [-0.15, -0.1) is 0 Å². The fourth-order valence-electron chi connectivity index (χ4n) is 3.35. The number of nitrogens with one attached hydrogen (secondary N) is 1. The molecule has 1 atom stereocenters. The molecule has 2 saturated carbocycles. The van der Waals surface area contributed by atoms with Crippen molar-refractivity contribution in [3.05, 3.63) is 29.8 Å². The Morgan fingerprint density at radius 2 is 1.92 bits per heavy atom. The molecular weight excluding hydrogens is 332 g/mol. The molecule has 0 radical (unpaired) electrons. The van der Waals surface area contributed by atoms with E-state index >= 15 is 0 Å². The predicted molar refractivity (Wildman–Crippen MR) is 98.2 cm³/mol.